The van der Waals surface area contributed by atoms with Gasteiger partial charge in [-0.25, -0.2) is 0 Å². The zero-order chi connectivity index (χ0) is 52.2. The van der Waals surface area contributed by atoms with E-state index < -0.39 is 20.0 Å². The molecule has 0 spiro atoms. The van der Waals surface area contributed by atoms with Gasteiger partial charge in [-0.05, 0) is 57.4 Å². The Morgan fingerprint density at radius 2 is 0.817 bits per heavy atom. The Morgan fingerprint density at radius 1 is 0.479 bits per heavy atom. The highest BCUT2D eigenvalue weighted by Crippen LogP contribution is 2.38. The minimum absolute atomic E-state index is 0.0211. The van der Waals surface area contributed by atoms with Crippen molar-refractivity contribution in [3.63, 3.8) is 0 Å². The lowest BCUT2D eigenvalue weighted by Gasteiger charge is -2.30. The molecule has 0 aromatic carbocycles. The molecule has 0 fully saturated rings. The Kier molecular flexibility index (Phi) is 50.8. The maximum atomic E-state index is 13.5. The third-order valence-corrected chi connectivity index (χ3v) is 14.8. The van der Waals surface area contributed by atoms with Gasteiger partial charge in [-0.3, -0.25) is 14.2 Å². The van der Waals surface area contributed by atoms with Crippen molar-refractivity contribution in [3.05, 3.63) is 24.3 Å². The summed E-state index contributed by atoms with van der Waals surface area (Å²) in [6.45, 7) is 6.85. The quantitative estimate of drug-likeness (QED) is 0.0212. The smallest absolute Gasteiger partial charge is 0.306 e. The summed E-state index contributed by atoms with van der Waals surface area (Å²) in [5.41, 5.74) is 0. The van der Waals surface area contributed by atoms with Gasteiger partial charge < -0.3 is 28.5 Å². The fourth-order valence-electron chi connectivity index (χ4n) is 9.11. The van der Waals surface area contributed by atoms with Gasteiger partial charge in [0.2, 0.25) is 5.91 Å². The highest BCUT2D eigenvalue weighted by Gasteiger charge is 2.27. The van der Waals surface area contributed by atoms with Gasteiger partial charge in [-0.1, -0.05) is 257 Å². The first-order chi connectivity index (χ1) is 34.4. The van der Waals surface area contributed by atoms with Crippen LogP contribution >= 0.6 is 7.82 Å². The molecule has 1 amide bonds. The number of quaternary nitrogens is 1. The summed E-state index contributed by atoms with van der Waals surface area (Å²) in [7, 11) is 1.19. The van der Waals surface area contributed by atoms with Gasteiger partial charge >= 0.3 is 5.97 Å². The number of nitrogens with zero attached hydrogens (tertiary/aromatic N) is 1. The number of phosphoric ester groups is 1. The number of hydrogen-bond acceptors (Lipinski definition) is 7. The molecular weight excluding hydrogens is 904 g/mol. The van der Waals surface area contributed by atoms with Crippen LogP contribution in [0.1, 0.15) is 303 Å². The van der Waals surface area contributed by atoms with Crippen LogP contribution in [0.3, 0.4) is 0 Å². The first-order valence-corrected chi connectivity index (χ1v) is 32.1. The normalized spacial score (nSPS) is 13.8. The first-order valence-electron chi connectivity index (χ1n) is 30.6. The van der Waals surface area contributed by atoms with E-state index in [4.69, 9.17) is 13.8 Å². The van der Waals surface area contributed by atoms with E-state index in [0.717, 1.165) is 64.2 Å². The molecule has 0 aliphatic rings. The van der Waals surface area contributed by atoms with Crippen molar-refractivity contribution in [3.8, 4) is 0 Å². The summed E-state index contributed by atoms with van der Waals surface area (Å²) in [5, 5.41) is 3.03. The Balaban J connectivity index is 5.15. The number of ether oxygens (including phenoxy) is 1. The summed E-state index contributed by atoms with van der Waals surface area (Å²) in [6.07, 6.45) is 60.1. The van der Waals surface area contributed by atoms with E-state index in [9.17, 15) is 19.0 Å². The number of amides is 1. The van der Waals surface area contributed by atoms with Gasteiger partial charge in [-0.2, -0.15) is 0 Å². The number of phosphoric acid groups is 1. The molecule has 1 N–H and O–H groups in total. The monoisotopic (exact) mass is 1020 g/mol. The predicted octanol–water partition coefficient (Wildman–Crippen LogP) is 17.9. The van der Waals surface area contributed by atoms with Crippen molar-refractivity contribution >= 4 is 19.7 Å². The highest BCUT2D eigenvalue weighted by atomic mass is 31.2. The number of hydrogen-bond donors (Lipinski definition) is 1. The van der Waals surface area contributed by atoms with Gasteiger partial charge in [0.15, 0.2) is 0 Å². The second kappa shape index (κ2) is 52.0. The molecule has 0 heterocycles. The maximum absolute atomic E-state index is 13.5. The van der Waals surface area contributed by atoms with Crippen LogP contribution in [0.4, 0.5) is 0 Å². The number of carbonyl (C=O) groups is 2. The van der Waals surface area contributed by atoms with E-state index in [1.165, 1.54) is 199 Å². The molecule has 10 heteroatoms. The standard InChI is InChI=1S/C61H119N2O7P/c1-7-10-13-16-19-22-25-27-28-29-30-31-32-33-34-36-38-41-44-47-50-53-60(64)62-58(57-69-71(66,67)68-56-55-63(4,5)6)59(52-49-46-43-40-37-24-21-18-15-12-9-3)70-61(65)54-51-48-45-42-39-35-26-23-20-17-14-11-8-2/h35,39,49,52,58-59H,7-34,36-38,40-48,50-51,53-57H2,1-6H3,(H-,62,64,66,67)/b39-35-,52-49+. The van der Waals surface area contributed by atoms with Crippen LogP contribution < -0.4 is 10.2 Å². The van der Waals surface area contributed by atoms with Gasteiger partial charge in [-0.15, -0.1) is 0 Å². The topological polar surface area (TPSA) is 114 Å². The molecule has 0 aromatic rings. The second-order valence-corrected chi connectivity index (χ2v) is 23.6. The van der Waals surface area contributed by atoms with Gasteiger partial charge in [0.25, 0.3) is 7.82 Å². The van der Waals surface area contributed by atoms with Crippen LogP contribution in [0, 0.1) is 0 Å². The molecule has 0 aliphatic heterocycles. The molecule has 0 rings (SSSR count). The minimum atomic E-state index is -4.69. The van der Waals surface area contributed by atoms with Crippen LogP contribution in [0.25, 0.3) is 0 Å². The van der Waals surface area contributed by atoms with Crippen LogP contribution in [0.15, 0.2) is 24.3 Å². The van der Waals surface area contributed by atoms with Crippen LogP contribution in [-0.4, -0.2) is 69.4 Å². The minimum Gasteiger partial charge on any atom is -0.756 e. The molecule has 3 atom stereocenters. The second-order valence-electron chi connectivity index (χ2n) is 22.2. The molecule has 9 nitrogen and oxygen atoms in total. The fourth-order valence-corrected chi connectivity index (χ4v) is 9.83. The molecule has 71 heavy (non-hydrogen) atoms. The Bertz CT molecular complexity index is 1270. The maximum Gasteiger partial charge on any atom is 0.306 e. The predicted molar refractivity (Wildman–Crippen MR) is 303 cm³/mol. The molecule has 0 saturated carbocycles. The fraction of sp³-hybridized carbons (Fsp3) is 0.902. The number of allylic oxidation sites excluding steroid dienone is 3. The third-order valence-electron chi connectivity index (χ3n) is 13.9. The lowest BCUT2D eigenvalue weighted by Crippen LogP contribution is -2.47. The molecule has 420 valence electrons. The van der Waals surface area contributed by atoms with Crippen molar-refractivity contribution in [2.45, 2.75) is 315 Å². The highest BCUT2D eigenvalue weighted by molar-refractivity contribution is 7.45. The number of carbonyl (C=O) groups excluding carboxylic acids is 2. The molecule has 0 bridgehead atoms. The third kappa shape index (κ3) is 53.1. The summed E-state index contributed by atoms with van der Waals surface area (Å²) in [4.78, 5) is 39.9. The number of esters is 1. The average molecular weight is 1020 g/mol. The van der Waals surface area contributed by atoms with Crippen molar-refractivity contribution in [2.24, 2.45) is 0 Å². The Morgan fingerprint density at radius 3 is 1.21 bits per heavy atom. The summed E-state index contributed by atoms with van der Waals surface area (Å²) in [6, 6.07) is -0.887. The summed E-state index contributed by atoms with van der Waals surface area (Å²) >= 11 is 0. The van der Waals surface area contributed by atoms with Crippen LogP contribution in [0.5, 0.6) is 0 Å². The van der Waals surface area contributed by atoms with E-state index in [2.05, 4.69) is 38.2 Å². The molecule has 0 aromatic heterocycles. The van der Waals surface area contributed by atoms with Gasteiger partial charge in [0, 0.05) is 12.8 Å². The van der Waals surface area contributed by atoms with Crippen molar-refractivity contribution in [1.29, 1.82) is 0 Å². The van der Waals surface area contributed by atoms with Crippen LogP contribution in [0.2, 0.25) is 0 Å². The van der Waals surface area contributed by atoms with Gasteiger partial charge in [0.1, 0.15) is 19.3 Å². The largest absolute Gasteiger partial charge is 0.756 e. The van der Waals surface area contributed by atoms with E-state index in [0.29, 0.717) is 23.9 Å². The van der Waals surface area contributed by atoms with E-state index >= 15 is 0 Å². The summed E-state index contributed by atoms with van der Waals surface area (Å²) < 4.78 is 30.2. The molecule has 0 aliphatic carbocycles. The Labute approximate surface area is 441 Å². The Hall–Kier alpha value is -1.51. The molecule has 0 radical (unpaired) electrons. The van der Waals surface area contributed by atoms with E-state index in [1.807, 2.05) is 33.3 Å². The van der Waals surface area contributed by atoms with E-state index in [-0.39, 0.29) is 31.5 Å². The van der Waals surface area contributed by atoms with Crippen molar-refractivity contribution in [1.82, 2.24) is 5.32 Å². The number of likely N-dealkylation sites (N-methyl/N-ethyl adjacent to an activating group) is 1. The number of nitrogens with one attached hydrogen (secondary N) is 1. The number of unbranched alkanes of at least 4 members (excludes halogenated alkanes) is 38. The summed E-state index contributed by atoms with van der Waals surface area (Å²) in [5.74, 6) is -0.546. The first kappa shape index (κ1) is 69.5. The molecule has 3 unspecified atom stereocenters. The van der Waals surface area contributed by atoms with E-state index in [1.54, 1.807) is 0 Å². The SMILES string of the molecule is CCCCCCCC/C=C\CCCCCC(=O)OC(/C=C/CCCCCCCCCCC)C(COP(=O)([O-])OCC[N+](C)(C)C)NC(=O)CCCCCCCCCCCCCCCCCCCCCCC. The van der Waals surface area contributed by atoms with Crippen molar-refractivity contribution in [2.75, 3.05) is 40.9 Å². The van der Waals surface area contributed by atoms with Crippen LogP contribution in [-0.2, 0) is 27.9 Å². The lowest BCUT2D eigenvalue weighted by atomic mass is 10.0. The zero-order valence-electron chi connectivity index (χ0n) is 48.0. The average Bonchev–Trinajstić information content (AvgIpc) is 3.33. The zero-order valence-corrected chi connectivity index (χ0v) is 48.8. The molecular formula is C61H119N2O7P. The van der Waals surface area contributed by atoms with Gasteiger partial charge in [0.05, 0.1) is 33.8 Å². The lowest BCUT2D eigenvalue weighted by molar-refractivity contribution is -0.870. The van der Waals surface area contributed by atoms with Crippen molar-refractivity contribution < 1.29 is 37.3 Å². The molecule has 0 saturated heterocycles. The number of rotatable bonds is 56.